The largest absolute Gasteiger partial charge is 0.504 e. The molecule has 0 amide bonds. The summed E-state index contributed by atoms with van der Waals surface area (Å²) in [7, 11) is 0. The molecule has 0 fully saturated rings. The third-order valence-corrected chi connectivity index (χ3v) is 4.26. The molecule has 23 heavy (non-hydrogen) atoms. The summed E-state index contributed by atoms with van der Waals surface area (Å²) in [4.78, 5) is 0. The standard InChI is InChI=1S/C18H22O5/c1-10(5-12-3-4-14(19)15(20)7-12)11(2)6-13-8-16(21)18(23)17(22)9-13/h3-4,7-11,19-23H,5-6H2,1-2H3. The third kappa shape index (κ3) is 4.00. The van der Waals surface area contributed by atoms with Crippen molar-refractivity contribution < 1.29 is 25.5 Å². The van der Waals surface area contributed by atoms with Gasteiger partial charge in [0.1, 0.15) is 0 Å². The zero-order chi connectivity index (χ0) is 17.1. The number of hydrogen-bond donors (Lipinski definition) is 5. The van der Waals surface area contributed by atoms with Gasteiger partial charge >= 0.3 is 0 Å². The molecule has 2 aromatic rings. The van der Waals surface area contributed by atoms with E-state index in [2.05, 4.69) is 13.8 Å². The van der Waals surface area contributed by atoms with Crippen molar-refractivity contribution in [2.75, 3.05) is 0 Å². The first-order valence-corrected chi connectivity index (χ1v) is 7.52. The van der Waals surface area contributed by atoms with E-state index in [9.17, 15) is 25.5 Å². The molecule has 0 heterocycles. The van der Waals surface area contributed by atoms with Crippen LogP contribution in [0.25, 0.3) is 0 Å². The lowest BCUT2D eigenvalue weighted by Gasteiger charge is -2.20. The van der Waals surface area contributed by atoms with Crippen molar-refractivity contribution in [3.05, 3.63) is 41.5 Å². The van der Waals surface area contributed by atoms with Gasteiger partial charge in [0, 0.05) is 0 Å². The Labute approximate surface area is 135 Å². The van der Waals surface area contributed by atoms with E-state index >= 15 is 0 Å². The molecule has 0 radical (unpaired) electrons. The quantitative estimate of drug-likeness (QED) is 0.545. The average Bonchev–Trinajstić information content (AvgIpc) is 2.48. The summed E-state index contributed by atoms with van der Waals surface area (Å²) >= 11 is 0. The van der Waals surface area contributed by atoms with Gasteiger partial charge in [-0.15, -0.1) is 0 Å². The lowest BCUT2D eigenvalue weighted by molar-refractivity contribution is 0.361. The van der Waals surface area contributed by atoms with E-state index in [1.165, 1.54) is 18.2 Å². The maximum Gasteiger partial charge on any atom is 0.200 e. The van der Waals surface area contributed by atoms with Crippen LogP contribution in [0, 0.1) is 11.8 Å². The Kier molecular flexibility index (Phi) is 4.89. The van der Waals surface area contributed by atoms with Crippen LogP contribution >= 0.6 is 0 Å². The van der Waals surface area contributed by atoms with Crippen LogP contribution in [0.5, 0.6) is 28.7 Å². The monoisotopic (exact) mass is 318 g/mol. The normalized spacial score (nSPS) is 13.7. The molecule has 5 nitrogen and oxygen atoms in total. The zero-order valence-corrected chi connectivity index (χ0v) is 13.2. The van der Waals surface area contributed by atoms with Crippen molar-refractivity contribution in [1.29, 1.82) is 0 Å². The van der Waals surface area contributed by atoms with Crippen molar-refractivity contribution in [3.63, 3.8) is 0 Å². The Morgan fingerprint density at radius 1 is 0.652 bits per heavy atom. The van der Waals surface area contributed by atoms with Gasteiger partial charge in [-0.25, -0.2) is 0 Å². The Hall–Kier alpha value is -2.56. The maximum atomic E-state index is 9.56. The van der Waals surface area contributed by atoms with E-state index in [1.807, 2.05) is 0 Å². The lowest BCUT2D eigenvalue weighted by atomic mass is 9.85. The zero-order valence-electron chi connectivity index (χ0n) is 13.2. The van der Waals surface area contributed by atoms with Crippen molar-refractivity contribution in [2.24, 2.45) is 11.8 Å². The lowest BCUT2D eigenvalue weighted by Crippen LogP contribution is -2.13. The summed E-state index contributed by atoms with van der Waals surface area (Å²) < 4.78 is 0. The van der Waals surface area contributed by atoms with E-state index < -0.39 is 5.75 Å². The van der Waals surface area contributed by atoms with Gasteiger partial charge in [0.05, 0.1) is 0 Å². The maximum absolute atomic E-state index is 9.56. The second-order valence-electron chi connectivity index (χ2n) is 6.17. The second kappa shape index (κ2) is 6.69. The molecule has 5 heteroatoms. The van der Waals surface area contributed by atoms with Crippen molar-refractivity contribution in [3.8, 4) is 28.7 Å². The Balaban J connectivity index is 2.05. The highest BCUT2D eigenvalue weighted by Gasteiger charge is 2.16. The molecule has 0 aliphatic heterocycles. The van der Waals surface area contributed by atoms with E-state index in [1.54, 1.807) is 12.1 Å². The molecule has 0 aliphatic carbocycles. The highest BCUT2D eigenvalue weighted by Crippen LogP contribution is 2.36. The Bertz CT molecular complexity index is 673. The summed E-state index contributed by atoms with van der Waals surface area (Å²) in [6.45, 7) is 4.14. The Morgan fingerprint density at radius 3 is 1.65 bits per heavy atom. The summed E-state index contributed by atoms with van der Waals surface area (Å²) in [6.07, 6.45) is 1.36. The molecule has 2 atom stereocenters. The number of rotatable bonds is 5. The van der Waals surface area contributed by atoms with Crippen molar-refractivity contribution in [1.82, 2.24) is 0 Å². The first kappa shape index (κ1) is 16.8. The fourth-order valence-electron chi connectivity index (χ4n) is 2.62. The molecule has 2 unspecified atom stereocenters. The molecular weight excluding hydrogens is 296 g/mol. The third-order valence-electron chi connectivity index (χ3n) is 4.26. The molecule has 0 aliphatic rings. The molecule has 0 saturated carbocycles. The topological polar surface area (TPSA) is 101 Å². The fourth-order valence-corrected chi connectivity index (χ4v) is 2.62. The van der Waals surface area contributed by atoms with Crippen LogP contribution in [-0.4, -0.2) is 25.5 Å². The van der Waals surface area contributed by atoms with E-state index in [-0.39, 0.29) is 34.8 Å². The number of phenols is 5. The molecule has 2 rings (SSSR count). The highest BCUT2D eigenvalue weighted by molar-refractivity contribution is 5.51. The predicted octanol–water partition coefficient (Wildman–Crippen LogP) is 3.27. The molecule has 5 N–H and O–H groups in total. The number of hydrogen-bond acceptors (Lipinski definition) is 5. The summed E-state index contributed by atoms with van der Waals surface area (Å²) in [5, 5.41) is 47.4. The molecular formula is C18H22O5. The van der Waals surface area contributed by atoms with Crippen LogP contribution in [-0.2, 0) is 12.8 Å². The van der Waals surface area contributed by atoms with Gasteiger partial charge in [0.2, 0.25) is 0 Å². The van der Waals surface area contributed by atoms with Gasteiger partial charge in [0.25, 0.3) is 0 Å². The van der Waals surface area contributed by atoms with Gasteiger partial charge in [-0.05, 0) is 60.1 Å². The van der Waals surface area contributed by atoms with Gasteiger partial charge in [-0.1, -0.05) is 19.9 Å². The minimum atomic E-state index is -0.506. The van der Waals surface area contributed by atoms with E-state index in [0.717, 1.165) is 17.5 Å². The van der Waals surface area contributed by atoms with Crippen LogP contribution in [0.2, 0.25) is 0 Å². The van der Waals surface area contributed by atoms with Crippen LogP contribution in [0.15, 0.2) is 30.3 Å². The van der Waals surface area contributed by atoms with Crippen LogP contribution in [0.4, 0.5) is 0 Å². The first-order chi connectivity index (χ1) is 10.8. The van der Waals surface area contributed by atoms with Crippen molar-refractivity contribution >= 4 is 0 Å². The highest BCUT2D eigenvalue weighted by atomic mass is 16.3. The number of aromatic hydroxyl groups is 5. The first-order valence-electron chi connectivity index (χ1n) is 7.52. The van der Waals surface area contributed by atoms with Crippen LogP contribution < -0.4 is 0 Å². The van der Waals surface area contributed by atoms with Gasteiger partial charge < -0.3 is 25.5 Å². The smallest absolute Gasteiger partial charge is 0.200 e. The number of benzene rings is 2. The predicted molar refractivity (Wildman–Crippen MR) is 86.9 cm³/mol. The molecule has 2 aromatic carbocycles. The molecule has 0 aromatic heterocycles. The van der Waals surface area contributed by atoms with Crippen LogP contribution in [0.3, 0.4) is 0 Å². The molecule has 0 saturated heterocycles. The van der Waals surface area contributed by atoms with Gasteiger partial charge in [0.15, 0.2) is 28.7 Å². The number of phenolic OH excluding ortho intramolecular Hbond substituents is 5. The fraction of sp³-hybridized carbons (Fsp3) is 0.333. The SMILES string of the molecule is CC(Cc1ccc(O)c(O)c1)C(C)Cc1cc(O)c(O)c(O)c1. The summed E-state index contributed by atoms with van der Waals surface area (Å²) in [5.74, 6) is -0.910. The second-order valence-corrected chi connectivity index (χ2v) is 6.17. The van der Waals surface area contributed by atoms with E-state index in [4.69, 9.17) is 0 Å². The van der Waals surface area contributed by atoms with Gasteiger partial charge in [-0.3, -0.25) is 0 Å². The molecule has 124 valence electrons. The minimum absolute atomic E-state index is 0.129. The average molecular weight is 318 g/mol. The van der Waals surface area contributed by atoms with Crippen molar-refractivity contribution in [2.45, 2.75) is 26.7 Å². The molecule has 0 spiro atoms. The summed E-state index contributed by atoms with van der Waals surface area (Å²) in [6, 6.07) is 7.70. The Morgan fingerprint density at radius 2 is 1.13 bits per heavy atom. The van der Waals surface area contributed by atoms with Gasteiger partial charge in [-0.2, -0.15) is 0 Å². The van der Waals surface area contributed by atoms with Crippen LogP contribution in [0.1, 0.15) is 25.0 Å². The summed E-state index contributed by atoms with van der Waals surface area (Å²) in [5.41, 5.74) is 1.67. The molecule has 0 bridgehead atoms. The van der Waals surface area contributed by atoms with E-state index in [0.29, 0.717) is 6.42 Å². The minimum Gasteiger partial charge on any atom is -0.504 e.